The molecule has 1 heterocycles. The zero-order chi connectivity index (χ0) is 14.5. The molecule has 0 aromatic heterocycles. The van der Waals surface area contributed by atoms with Gasteiger partial charge in [-0.3, -0.25) is 4.79 Å². The van der Waals surface area contributed by atoms with Crippen LogP contribution in [-0.4, -0.2) is 12.5 Å². The molecule has 1 aromatic carbocycles. The van der Waals surface area contributed by atoms with Crippen molar-refractivity contribution in [3.05, 3.63) is 29.6 Å². The maximum atomic E-state index is 13.5. The van der Waals surface area contributed by atoms with E-state index in [0.717, 1.165) is 31.2 Å². The van der Waals surface area contributed by atoms with E-state index in [1.165, 1.54) is 12.1 Å². The number of carbonyl (C=O) groups is 1. The summed E-state index contributed by atoms with van der Waals surface area (Å²) in [5, 5.41) is 3.06. The monoisotopic (exact) mass is 279 g/mol. The summed E-state index contributed by atoms with van der Waals surface area (Å²) in [4.78, 5) is 12.2. The van der Waals surface area contributed by atoms with Crippen LogP contribution in [0, 0.1) is 11.7 Å². The highest BCUT2D eigenvalue weighted by atomic mass is 19.1. The lowest BCUT2D eigenvalue weighted by molar-refractivity contribution is -0.126. The first-order chi connectivity index (χ1) is 9.65. The molecular formula is C16H22FNO2. The summed E-state index contributed by atoms with van der Waals surface area (Å²) in [6, 6.07) is 4.35. The number of nitrogens with one attached hydrogen (secondary N) is 1. The summed E-state index contributed by atoms with van der Waals surface area (Å²) in [6.45, 7) is 4.63. The van der Waals surface area contributed by atoms with Crippen LogP contribution >= 0.6 is 0 Å². The van der Waals surface area contributed by atoms with E-state index in [2.05, 4.69) is 5.32 Å². The molecule has 1 aromatic rings. The summed E-state index contributed by atoms with van der Waals surface area (Å²) in [5.74, 6) is 0.461. The molecule has 1 amide bonds. The van der Waals surface area contributed by atoms with Gasteiger partial charge in [0.1, 0.15) is 11.6 Å². The maximum Gasteiger partial charge on any atom is 0.223 e. The molecule has 0 saturated heterocycles. The van der Waals surface area contributed by atoms with Crippen LogP contribution in [0.1, 0.15) is 51.1 Å². The van der Waals surface area contributed by atoms with E-state index in [-0.39, 0.29) is 23.7 Å². The topological polar surface area (TPSA) is 38.3 Å². The third-order valence-corrected chi connectivity index (χ3v) is 3.91. The second kappa shape index (κ2) is 6.73. The van der Waals surface area contributed by atoms with Crippen LogP contribution in [0.4, 0.5) is 4.39 Å². The van der Waals surface area contributed by atoms with Crippen LogP contribution in [0.5, 0.6) is 5.75 Å². The molecule has 110 valence electrons. The van der Waals surface area contributed by atoms with Gasteiger partial charge in [-0.25, -0.2) is 4.39 Å². The Morgan fingerprint density at radius 1 is 1.45 bits per heavy atom. The third-order valence-electron chi connectivity index (χ3n) is 3.91. The maximum absolute atomic E-state index is 13.5. The van der Waals surface area contributed by atoms with Crippen molar-refractivity contribution in [3.63, 3.8) is 0 Å². The fourth-order valence-electron chi connectivity index (χ4n) is 2.65. The lowest BCUT2D eigenvalue weighted by Gasteiger charge is -2.21. The van der Waals surface area contributed by atoms with E-state index in [9.17, 15) is 9.18 Å². The van der Waals surface area contributed by atoms with Crippen molar-refractivity contribution in [3.8, 4) is 5.75 Å². The number of fused-ring (bicyclic) bond motifs is 1. The van der Waals surface area contributed by atoms with Crippen LogP contribution in [0.15, 0.2) is 18.2 Å². The first-order valence-corrected chi connectivity index (χ1v) is 7.38. The molecule has 2 rings (SSSR count). The number of amides is 1. The van der Waals surface area contributed by atoms with Gasteiger partial charge in [-0.05, 0) is 43.9 Å². The number of carbonyl (C=O) groups excluding carboxylic acids is 1. The summed E-state index contributed by atoms with van der Waals surface area (Å²) < 4.78 is 19.1. The van der Waals surface area contributed by atoms with Crippen LogP contribution in [0.2, 0.25) is 0 Å². The largest absolute Gasteiger partial charge is 0.493 e. The molecule has 1 N–H and O–H groups in total. The number of rotatable bonds is 4. The molecular weight excluding hydrogens is 257 g/mol. The third kappa shape index (κ3) is 3.30. The van der Waals surface area contributed by atoms with Crippen molar-refractivity contribution < 1.29 is 13.9 Å². The highest BCUT2D eigenvalue weighted by molar-refractivity contribution is 5.79. The number of ether oxygens (including phenoxy) is 1. The van der Waals surface area contributed by atoms with E-state index < -0.39 is 0 Å². The Kier molecular flexibility index (Phi) is 4.99. The molecule has 0 saturated carbocycles. The molecule has 0 fully saturated rings. The molecule has 4 heteroatoms. The SMILES string of the molecule is CCC(CC)C(=O)NC1CCCOc2ccc(F)cc21. The highest BCUT2D eigenvalue weighted by Crippen LogP contribution is 2.32. The van der Waals surface area contributed by atoms with Crippen molar-refractivity contribution in [1.29, 1.82) is 0 Å². The van der Waals surface area contributed by atoms with Crippen molar-refractivity contribution in [1.82, 2.24) is 5.32 Å². The first kappa shape index (κ1) is 14.8. The number of benzene rings is 1. The van der Waals surface area contributed by atoms with Gasteiger partial charge >= 0.3 is 0 Å². The molecule has 3 nitrogen and oxygen atoms in total. The molecule has 20 heavy (non-hydrogen) atoms. The summed E-state index contributed by atoms with van der Waals surface area (Å²) in [7, 11) is 0. The summed E-state index contributed by atoms with van der Waals surface area (Å²) >= 11 is 0. The van der Waals surface area contributed by atoms with Crippen LogP contribution in [0.3, 0.4) is 0 Å². The van der Waals surface area contributed by atoms with Gasteiger partial charge in [-0.15, -0.1) is 0 Å². The van der Waals surface area contributed by atoms with E-state index >= 15 is 0 Å². The fraction of sp³-hybridized carbons (Fsp3) is 0.562. The molecule has 1 aliphatic rings. The van der Waals surface area contributed by atoms with Gasteiger partial charge in [0.15, 0.2) is 0 Å². The molecule has 1 unspecified atom stereocenters. The van der Waals surface area contributed by atoms with Gasteiger partial charge < -0.3 is 10.1 Å². The van der Waals surface area contributed by atoms with Gasteiger partial charge in [0, 0.05) is 11.5 Å². The molecule has 1 atom stereocenters. The Labute approximate surface area is 119 Å². The highest BCUT2D eigenvalue weighted by Gasteiger charge is 2.24. The first-order valence-electron chi connectivity index (χ1n) is 7.38. The Morgan fingerprint density at radius 3 is 2.90 bits per heavy atom. The van der Waals surface area contributed by atoms with Gasteiger partial charge in [0.2, 0.25) is 5.91 Å². The Balaban J connectivity index is 2.20. The number of hydrogen-bond donors (Lipinski definition) is 1. The second-order valence-corrected chi connectivity index (χ2v) is 5.25. The predicted molar refractivity (Wildman–Crippen MR) is 76.1 cm³/mol. The molecule has 0 bridgehead atoms. The van der Waals surface area contributed by atoms with Crippen molar-refractivity contribution in [2.75, 3.05) is 6.61 Å². The van der Waals surface area contributed by atoms with Crippen molar-refractivity contribution in [2.24, 2.45) is 5.92 Å². The minimum Gasteiger partial charge on any atom is -0.493 e. The Morgan fingerprint density at radius 2 is 2.20 bits per heavy atom. The average Bonchev–Trinajstić information content (AvgIpc) is 2.63. The van der Waals surface area contributed by atoms with Crippen LogP contribution < -0.4 is 10.1 Å². The van der Waals surface area contributed by atoms with Gasteiger partial charge in [-0.2, -0.15) is 0 Å². The van der Waals surface area contributed by atoms with Crippen LogP contribution in [0.25, 0.3) is 0 Å². The van der Waals surface area contributed by atoms with Gasteiger partial charge in [0.25, 0.3) is 0 Å². The number of halogens is 1. The smallest absolute Gasteiger partial charge is 0.223 e. The minimum absolute atomic E-state index is 0.0242. The lowest BCUT2D eigenvalue weighted by Crippen LogP contribution is -2.33. The standard InChI is InChI=1S/C16H22FNO2/c1-3-11(4-2)16(19)18-14-6-5-9-20-15-8-7-12(17)10-13(14)15/h7-8,10-11,14H,3-6,9H2,1-2H3,(H,18,19). The molecule has 0 radical (unpaired) electrons. The van der Waals surface area contributed by atoms with E-state index in [0.29, 0.717) is 12.4 Å². The summed E-state index contributed by atoms with van der Waals surface area (Å²) in [6.07, 6.45) is 3.27. The van der Waals surface area contributed by atoms with Crippen LogP contribution in [-0.2, 0) is 4.79 Å². The quantitative estimate of drug-likeness (QED) is 0.914. The molecule has 1 aliphatic heterocycles. The number of hydrogen-bond acceptors (Lipinski definition) is 2. The van der Waals surface area contributed by atoms with Crippen molar-refractivity contribution in [2.45, 2.75) is 45.6 Å². The Bertz CT molecular complexity index is 472. The average molecular weight is 279 g/mol. The molecule has 0 spiro atoms. The van der Waals surface area contributed by atoms with Gasteiger partial charge in [-0.1, -0.05) is 13.8 Å². The van der Waals surface area contributed by atoms with Gasteiger partial charge in [0.05, 0.1) is 12.6 Å². The zero-order valence-electron chi connectivity index (χ0n) is 12.1. The van der Waals surface area contributed by atoms with E-state index in [1.807, 2.05) is 13.8 Å². The lowest BCUT2D eigenvalue weighted by atomic mass is 9.98. The van der Waals surface area contributed by atoms with E-state index in [4.69, 9.17) is 4.74 Å². The normalized spacial score (nSPS) is 18.1. The predicted octanol–water partition coefficient (Wildman–Crippen LogP) is 3.59. The fourth-order valence-corrected chi connectivity index (χ4v) is 2.65. The Hall–Kier alpha value is -1.58. The second-order valence-electron chi connectivity index (χ2n) is 5.25. The summed E-state index contributed by atoms with van der Waals surface area (Å²) in [5.41, 5.74) is 0.752. The van der Waals surface area contributed by atoms with Crippen molar-refractivity contribution >= 4 is 5.91 Å². The molecule has 0 aliphatic carbocycles. The zero-order valence-corrected chi connectivity index (χ0v) is 12.1. The minimum atomic E-state index is -0.295. The van der Waals surface area contributed by atoms with E-state index in [1.54, 1.807) is 6.07 Å².